The molecule has 2 N–H and O–H groups in total. The third-order valence-electron chi connectivity index (χ3n) is 7.22. The molecule has 0 spiro atoms. The van der Waals surface area contributed by atoms with Crippen molar-refractivity contribution >= 4 is 29.1 Å². The summed E-state index contributed by atoms with van der Waals surface area (Å²) >= 11 is 6.17. The lowest BCUT2D eigenvalue weighted by Crippen LogP contribution is -2.42. The number of hydrogen-bond acceptors (Lipinski definition) is 3. The number of hydrogen-bond donors (Lipinski definition) is 2. The van der Waals surface area contributed by atoms with E-state index in [1.807, 2.05) is 0 Å². The average molecular weight is 567 g/mol. The molecule has 0 radical (unpaired) electrons. The number of alkyl halides is 3. The molecule has 5 nitrogen and oxygen atoms in total. The third kappa shape index (κ3) is 6.93. The van der Waals surface area contributed by atoms with Gasteiger partial charge in [-0.1, -0.05) is 23.7 Å². The van der Waals surface area contributed by atoms with Crippen LogP contribution in [0.3, 0.4) is 0 Å². The van der Waals surface area contributed by atoms with Crippen molar-refractivity contribution in [2.75, 3.05) is 5.32 Å². The summed E-state index contributed by atoms with van der Waals surface area (Å²) in [6.45, 7) is 3.19. The van der Waals surface area contributed by atoms with Gasteiger partial charge in [0.25, 0.3) is 5.91 Å². The van der Waals surface area contributed by atoms with Crippen molar-refractivity contribution in [3.8, 4) is 5.75 Å². The molecule has 0 heterocycles. The van der Waals surface area contributed by atoms with Crippen molar-refractivity contribution < 1.29 is 31.9 Å². The summed E-state index contributed by atoms with van der Waals surface area (Å²) in [5, 5.41) is 5.45. The molecule has 0 atom stereocenters. The Labute approximate surface area is 229 Å². The van der Waals surface area contributed by atoms with E-state index in [9.17, 15) is 27.2 Å². The van der Waals surface area contributed by atoms with Crippen LogP contribution in [0.4, 0.5) is 23.2 Å². The van der Waals surface area contributed by atoms with Crippen LogP contribution in [0.25, 0.3) is 0 Å². The fraction of sp³-hybridized carbons (Fsp3) is 0.448. The van der Waals surface area contributed by atoms with Crippen molar-refractivity contribution in [3.63, 3.8) is 0 Å². The van der Waals surface area contributed by atoms with Crippen molar-refractivity contribution in [3.05, 3.63) is 69.5 Å². The predicted octanol–water partition coefficient (Wildman–Crippen LogP) is 7.68. The van der Waals surface area contributed by atoms with Gasteiger partial charge in [0.1, 0.15) is 11.6 Å². The average Bonchev–Trinajstić information content (AvgIpc) is 3.39. The molecule has 210 valence electrons. The Morgan fingerprint density at radius 1 is 0.923 bits per heavy atom. The van der Waals surface area contributed by atoms with Gasteiger partial charge in [0.15, 0.2) is 0 Å². The maximum Gasteiger partial charge on any atom is 0.416 e. The topological polar surface area (TPSA) is 67.4 Å². The summed E-state index contributed by atoms with van der Waals surface area (Å²) in [5.41, 5.74) is -1.37. The second-order valence-corrected chi connectivity index (χ2v) is 11.0. The number of amides is 2. The van der Waals surface area contributed by atoms with E-state index in [0.717, 1.165) is 43.9 Å². The van der Waals surface area contributed by atoms with Crippen LogP contribution < -0.4 is 15.4 Å². The van der Waals surface area contributed by atoms with Gasteiger partial charge in [-0.05, 0) is 89.0 Å². The number of benzene rings is 2. The number of rotatable bonds is 7. The van der Waals surface area contributed by atoms with Gasteiger partial charge in [-0.2, -0.15) is 13.2 Å². The highest BCUT2D eigenvalue weighted by Crippen LogP contribution is 2.36. The summed E-state index contributed by atoms with van der Waals surface area (Å²) in [6.07, 6.45) is 1.22. The van der Waals surface area contributed by atoms with E-state index in [-0.39, 0.29) is 39.3 Å². The molecule has 2 aromatic carbocycles. The number of ether oxygens (including phenoxy) is 1. The first-order valence-corrected chi connectivity index (χ1v) is 13.4. The molecule has 1 saturated carbocycles. The Morgan fingerprint density at radius 2 is 1.54 bits per heavy atom. The van der Waals surface area contributed by atoms with Crippen LogP contribution in [0.1, 0.15) is 76.3 Å². The summed E-state index contributed by atoms with van der Waals surface area (Å²) in [7, 11) is 0. The Hall–Kier alpha value is -3.07. The van der Waals surface area contributed by atoms with E-state index >= 15 is 0 Å². The lowest BCUT2D eigenvalue weighted by atomic mass is 9.88. The number of anilines is 1. The van der Waals surface area contributed by atoms with Gasteiger partial charge < -0.3 is 15.4 Å². The molecular formula is C29H31ClF4N2O3. The zero-order valence-electron chi connectivity index (χ0n) is 21.8. The molecule has 1 fully saturated rings. The van der Waals surface area contributed by atoms with E-state index in [1.165, 1.54) is 18.2 Å². The van der Waals surface area contributed by atoms with Gasteiger partial charge in [-0.25, -0.2) is 4.39 Å². The van der Waals surface area contributed by atoms with E-state index < -0.39 is 34.9 Å². The van der Waals surface area contributed by atoms with Gasteiger partial charge in [0.05, 0.1) is 27.9 Å². The van der Waals surface area contributed by atoms with Crippen molar-refractivity contribution in [2.45, 2.75) is 83.0 Å². The molecule has 2 aromatic rings. The van der Waals surface area contributed by atoms with Crippen LogP contribution >= 0.6 is 11.6 Å². The Bertz CT molecular complexity index is 1280. The number of carbonyl (C=O) groups excluding carboxylic acids is 2. The highest BCUT2D eigenvalue weighted by Gasteiger charge is 2.34. The standard InChI is InChI=1S/C29H31ClF4N2O3/c1-28(2,17-8-7-9-18(14-17)29(32,33)34)36-27(38)21-13-6-5-12-20(21)26(37)35-24-16-25(22(30)15-23(24)31)39-19-10-3-4-11-19/h7-9,14-16,19H,3-6,10-13H2,1-2H3,(H,35,37)(H,36,38). The minimum atomic E-state index is -4.52. The number of carbonyl (C=O) groups is 2. The Balaban J connectivity index is 1.55. The van der Waals surface area contributed by atoms with Crippen LogP contribution in [-0.4, -0.2) is 17.9 Å². The molecule has 0 aromatic heterocycles. The van der Waals surface area contributed by atoms with E-state index in [0.29, 0.717) is 25.7 Å². The largest absolute Gasteiger partial charge is 0.489 e. The molecule has 0 unspecified atom stereocenters. The second kappa shape index (κ2) is 11.6. The fourth-order valence-corrected chi connectivity index (χ4v) is 5.22. The van der Waals surface area contributed by atoms with Crippen LogP contribution in [0.15, 0.2) is 47.5 Å². The maximum absolute atomic E-state index is 14.7. The van der Waals surface area contributed by atoms with Crippen molar-refractivity contribution in [2.24, 2.45) is 0 Å². The third-order valence-corrected chi connectivity index (χ3v) is 7.51. The molecule has 4 rings (SSSR count). The molecule has 10 heteroatoms. The van der Waals surface area contributed by atoms with Gasteiger partial charge >= 0.3 is 6.18 Å². The zero-order chi connectivity index (χ0) is 28.4. The van der Waals surface area contributed by atoms with Crippen LogP contribution in [0, 0.1) is 5.82 Å². The quantitative estimate of drug-likeness (QED) is 0.338. The first kappa shape index (κ1) is 28.9. The molecule has 2 amide bonds. The lowest BCUT2D eigenvalue weighted by molar-refractivity contribution is -0.137. The minimum absolute atomic E-state index is 0.0203. The molecule has 0 aliphatic heterocycles. The van der Waals surface area contributed by atoms with Gasteiger partial charge in [-0.3, -0.25) is 9.59 Å². The maximum atomic E-state index is 14.7. The van der Waals surface area contributed by atoms with Crippen LogP contribution in [-0.2, 0) is 21.3 Å². The number of nitrogens with one attached hydrogen (secondary N) is 2. The van der Waals surface area contributed by atoms with Crippen molar-refractivity contribution in [1.29, 1.82) is 0 Å². The summed E-state index contributed by atoms with van der Waals surface area (Å²) in [5.74, 6) is -1.63. The SMILES string of the molecule is CC(C)(NC(=O)C1=C(C(=O)Nc2cc(OC3CCCC3)c(Cl)cc2F)CCCC1)c1cccc(C(F)(F)F)c1. The minimum Gasteiger partial charge on any atom is -0.489 e. The first-order valence-electron chi connectivity index (χ1n) is 13.0. The van der Waals surface area contributed by atoms with Gasteiger partial charge in [0.2, 0.25) is 5.91 Å². The Kier molecular flexibility index (Phi) is 8.59. The number of halogens is 5. The lowest BCUT2D eigenvalue weighted by Gasteiger charge is -2.29. The van der Waals surface area contributed by atoms with Gasteiger partial charge in [-0.15, -0.1) is 0 Å². The second-order valence-electron chi connectivity index (χ2n) is 10.6. The van der Waals surface area contributed by atoms with E-state index in [1.54, 1.807) is 13.8 Å². The van der Waals surface area contributed by atoms with Crippen LogP contribution in [0.5, 0.6) is 5.75 Å². The highest BCUT2D eigenvalue weighted by molar-refractivity contribution is 6.32. The molecule has 39 heavy (non-hydrogen) atoms. The summed E-state index contributed by atoms with van der Waals surface area (Å²) in [6, 6.07) is 7.20. The highest BCUT2D eigenvalue weighted by atomic mass is 35.5. The van der Waals surface area contributed by atoms with Gasteiger partial charge in [0, 0.05) is 17.2 Å². The van der Waals surface area contributed by atoms with E-state index in [4.69, 9.17) is 16.3 Å². The smallest absolute Gasteiger partial charge is 0.416 e. The Morgan fingerprint density at radius 3 is 2.18 bits per heavy atom. The predicted molar refractivity (Wildman–Crippen MR) is 141 cm³/mol. The molecule has 0 bridgehead atoms. The van der Waals surface area contributed by atoms with Crippen molar-refractivity contribution in [1.82, 2.24) is 5.32 Å². The molecule has 0 saturated heterocycles. The first-order chi connectivity index (χ1) is 18.3. The summed E-state index contributed by atoms with van der Waals surface area (Å²) in [4.78, 5) is 26.6. The fourth-order valence-electron chi connectivity index (χ4n) is 5.02. The van der Waals surface area contributed by atoms with Crippen LogP contribution in [0.2, 0.25) is 5.02 Å². The summed E-state index contributed by atoms with van der Waals surface area (Å²) < 4.78 is 60.3. The molecule has 2 aliphatic rings. The molecule has 2 aliphatic carbocycles. The zero-order valence-corrected chi connectivity index (χ0v) is 22.6. The van der Waals surface area contributed by atoms with E-state index in [2.05, 4.69) is 10.6 Å². The normalized spacial score (nSPS) is 16.8. The molecular weight excluding hydrogens is 536 g/mol. The monoisotopic (exact) mass is 566 g/mol.